The summed E-state index contributed by atoms with van der Waals surface area (Å²) in [6.07, 6.45) is 38.2. The van der Waals surface area contributed by atoms with E-state index in [1.54, 1.807) is 48.8 Å². The average molecular weight is 911 g/mol. The number of rotatable bonds is 36. The van der Waals surface area contributed by atoms with E-state index in [1.807, 2.05) is 24.3 Å². The van der Waals surface area contributed by atoms with Crippen LogP contribution in [0.15, 0.2) is 115 Å². The summed E-state index contributed by atoms with van der Waals surface area (Å²) in [7, 11) is 0. The molecule has 0 saturated carbocycles. The molecule has 4 aromatic carbocycles. The lowest BCUT2D eigenvalue weighted by atomic mass is 9.94. The van der Waals surface area contributed by atoms with Gasteiger partial charge in [-0.3, -0.25) is 9.98 Å². The van der Waals surface area contributed by atoms with Crippen LogP contribution >= 0.6 is 0 Å². The van der Waals surface area contributed by atoms with Crippen LogP contribution in [0.3, 0.4) is 0 Å². The summed E-state index contributed by atoms with van der Waals surface area (Å²) in [5.74, 6) is 0.269. The van der Waals surface area contributed by atoms with E-state index >= 15 is 0 Å². The highest BCUT2D eigenvalue weighted by atomic mass is 16.3. The van der Waals surface area contributed by atoms with Crippen LogP contribution < -0.4 is 0 Å². The number of phenolic OH excluding ortho intramolecular Hbond substituents is 2. The van der Waals surface area contributed by atoms with Gasteiger partial charge in [-0.1, -0.05) is 193 Å². The minimum Gasteiger partial charge on any atom is -0.507 e. The van der Waals surface area contributed by atoms with Crippen LogP contribution in [-0.4, -0.2) is 35.7 Å². The first-order chi connectivity index (χ1) is 32.7. The van der Waals surface area contributed by atoms with Crippen molar-refractivity contribution >= 4 is 35.2 Å². The molecule has 8 heteroatoms. The van der Waals surface area contributed by atoms with E-state index in [0.29, 0.717) is 35.6 Å². The standard InChI is InChI=1S/C59H86N6O2/c1-5-7-9-11-13-15-17-19-21-23-25-27-29-49-31-35-53(36-32-49)62-64-55-39-41-57(66)51(43-55)45-60-47-59(3,4)48-61-46-52-44-56(40-42-58(52)67)65-63-54-37-33-50(34-38-54)30-28-26-24-22-20-18-16-14-12-10-8-6-2/h31-46,66-67H,5-30,47-48H2,1-4H3. The second-order valence-electron chi connectivity index (χ2n) is 19.6. The third-order valence-electron chi connectivity index (χ3n) is 12.6. The van der Waals surface area contributed by atoms with Gasteiger partial charge in [0.05, 0.1) is 22.7 Å². The van der Waals surface area contributed by atoms with Crippen molar-refractivity contribution < 1.29 is 10.2 Å². The molecule has 4 rings (SSSR count). The molecule has 0 fully saturated rings. The lowest BCUT2D eigenvalue weighted by molar-refractivity contribution is 0.396. The highest BCUT2D eigenvalue weighted by Crippen LogP contribution is 2.27. The Morgan fingerprint density at radius 3 is 0.985 bits per heavy atom. The topological polar surface area (TPSA) is 115 Å². The molecule has 8 nitrogen and oxygen atoms in total. The lowest BCUT2D eigenvalue weighted by Crippen LogP contribution is -2.19. The van der Waals surface area contributed by atoms with E-state index in [-0.39, 0.29) is 16.9 Å². The molecule has 4 aromatic rings. The second-order valence-corrected chi connectivity index (χ2v) is 19.6. The Labute approximate surface area is 406 Å². The van der Waals surface area contributed by atoms with E-state index in [4.69, 9.17) is 0 Å². The highest BCUT2D eigenvalue weighted by Gasteiger charge is 2.16. The van der Waals surface area contributed by atoms with Gasteiger partial charge in [0.1, 0.15) is 11.5 Å². The molecule has 67 heavy (non-hydrogen) atoms. The maximum Gasteiger partial charge on any atom is 0.124 e. The van der Waals surface area contributed by atoms with E-state index in [0.717, 1.165) is 24.2 Å². The van der Waals surface area contributed by atoms with Crippen molar-refractivity contribution in [1.82, 2.24) is 0 Å². The van der Waals surface area contributed by atoms with E-state index < -0.39 is 0 Å². The fraction of sp³-hybridized carbons (Fsp3) is 0.559. The molecule has 0 amide bonds. The van der Waals surface area contributed by atoms with Gasteiger partial charge in [-0.2, -0.15) is 20.5 Å². The number of hydrogen-bond acceptors (Lipinski definition) is 8. The number of aliphatic imine (C=N–C) groups is 2. The van der Waals surface area contributed by atoms with Gasteiger partial charge in [0.2, 0.25) is 0 Å². The minimum absolute atomic E-state index is 0.134. The summed E-state index contributed by atoms with van der Waals surface area (Å²) in [5, 5.41) is 38.9. The van der Waals surface area contributed by atoms with Crippen molar-refractivity contribution in [2.24, 2.45) is 35.9 Å². The molecule has 0 aliphatic carbocycles. The number of nitrogens with zero attached hydrogens (tertiary/aromatic N) is 6. The van der Waals surface area contributed by atoms with Gasteiger partial charge >= 0.3 is 0 Å². The first-order valence-corrected chi connectivity index (χ1v) is 26.4. The summed E-state index contributed by atoms with van der Waals surface area (Å²) in [5.41, 5.74) is 6.44. The summed E-state index contributed by atoms with van der Waals surface area (Å²) >= 11 is 0. The summed E-state index contributed by atoms with van der Waals surface area (Å²) in [4.78, 5) is 9.31. The van der Waals surface area contributed by atoms with Crippen molar-refractivity contribution in [3.63, 3.8) is 0 Å². The number of azo groups is 2. The Morgan fingerprint density at radius 1 is 0.373 bits per heavy atom. The molecule has 0 radical (unpaired) electrons. The molecule has 0 aliphatic rings. The minimum atomic E-state index is -0.273. The van der Waals surface area contributed by atoms with Crippen LogP contribution in [0.1, 0.15) is 204 Å². The maximum absolute atomic E-state index is 10.6. The predicted molar refractivity (Wildman–Crippen MR) is 286 cm³/mol. The number of phenols is 2. The van der Waals surface area contributed by atoms with E-state index in [9.17, 15) is 10.2 Å². The van der Waals surface area contributed by atoms with Crippen LogP contribution in [0.2, 0.25) is 0 Å². The van der Waals surface area contributed by atoms with Gasteiger partial charge in [0.15, 0.2) is 0 Å². The predicted octanol–water partition coefficient (Wildman–Crippen LogP) is 19.0. The van der Waals surface area contributed by atoms with Crippen LogP contribution in [-0.2, 0) is 12.8 Å². The fourth-order valence-corrected chi connectivity index (χ4v) is 8.28. The van der Waals surface area contributed by atoms with Crippen LogP contribution in [0, 0.1) is 5.41 Å². The third-order valence-corrected chi connectivity index (χ3v) is 12.6. The molecule has 0 unspecified atom stereocenters. The average Bonchev–Trinajstić information content (AvgIpc) is 3.33. The normalized spacial score (nSPS) is 12.2. The summed E-state index contributed by atoms with van der Waals surface area (Å²) in [6.45, 7) is 9.71. The summed E-state index contributed by atoms with van der Waals surface area (Å²) in [6, 6.07) is 27.0. The molecule has 0 aromatic heterocycles. The zero-order chi connectivity index (χ0) is 47.6. The molecular weight excluding hydrogens is 825 g/mol. The van der Waals surface area contributed by atoms with Gasteiger partial charge in [-0.25, -0.2) is 0 Å². The van der Waals surface area contributed by atoms with Crippen LogP contribution in [0.4, 0.5) is 22.7 Å². The number of unbranched alkanes of at least 4 members (excludes halogenated alkanes) is 22. The maximum atomic E-state index is 10.6. The van der Waals surface area contributed by atoms with Crippen LogP contribution in [0.25, 0.3) is 0 Å². The Hall–Kier alpha value is -4.98. The number of aromatic hydroxyl groups is 2. The van der Waals surface area contributed by atoms with Crippen molar-refractivity contribution in [3.8, 4) is 11.5 Å². The molecule has 364 valence electrons. The SMILES string of the molecule is CCCCCCCCCCCCCCc1ccc(N=Nc2ccc(O)c(C=NCC(C)(C)CN=Cc3cc(N=Nc4ccc(CCCCCCCCCCCCCC)cc4)ccc3O)c2)cc1. The number of benzene rings is 4. The Morgan fingerprint density at radius 2 is 0.657 bits per heavy atom. The van der Waals surface area contributed by atoms with E-state index in [1.165, 1.54) is 165 Å². The number of aryl methyl sites for hydroxylation is 2. The lowest BCUT2D eigenvalue weighted by Gasteiger charge is -2.19. The Bertz CT molecular complexity index is 1890. The van der Waals surface area contributed by atoms with Gasteiger partial charge in [0, 0.05) is 42.1 Å². The summed E-state index contributed by atoms with van der Waals surface area (Å²) < 4.78 is 0. The molecular formula is C59H86N6O2. The monoisotopic (exact) mass is 911 g/mol. The molecule has 0 bridgehead atoms. The van der Waals surface area contributed by atoms with Crippen molar-refractivity contribution in [1.29, 1.82) is 0 Å². The smallest absolute Gasteiger partial charge is 0.124 e. The first kappa shape index (κ1) is 54.6. The first-order valence-electron chi connectivity index (χ1n) is 26.4. The Kier molecular flexibility index (Phi) is 27.3. The van der Waals surface area contributed by atoms with E-state index in [2.05, 4.69) is 82.4 Å². The van der Waals surface area contributed by atoms with Crippen molar-refractivity contribution in [3.05, 3.63) is 107 Å². The Balaban J connectivity index is 1.14. The molecule has 0 heterocycles. The molecule has 0 spiro atoms. The zero-order valence-corrected chi connectivity index (χ0v) is 42.1. The molecule has 2 N–H and O–H groups in total. The quantitative estimate of drug-likeness (QED) is 0.0269. The van der Waals surface area contributed by atoms with Crippen molar-refractivity contribution in [2.75, 3.05) is 13.1 Å². The highest BCUT2D eigenvalue weighted by molar-refractivity contribution is 5.85. The van der Waals surface area contributed by atoms with Gasteiger partial charge in [0.25, 0.3) is 0 Å². The van der Waals surface area contributed by atoms with Crippen LogP contribution in [0.5, 0.6) is 11.5 Å². The second kappa shape index (κ2) is 33.5. The third kappa shape index (κ3) is 24.6. The zero-order valence-electron chi connectivity index (χ0n) is 42.1. The van der Waals surface area contributed by atoms with Crippen molar-refractivity contribution in [2.45, 2.75) is 195 Å². The fourth-order valence-electron chi connectivity index (χ4n) is 8.28. The number of hydrogen-bond donors (Lipinski definition) is 2. The van der Waals surface area contributed by atoms with Gasteiger partial charge in [-0.15, -0.1) is 0 Å². The molecule has 0 aliphatic heterocycles. The van der Waals surface area contributed by atoms with Gasteiger partial charge < -0.3 is 10.2 Å². The largest absolute Gasteiger partial charge is 0.507 e. The van der Waals surface area contributed by atoms with Gasteiger partial charge in [-0.05, 0) is 97.5 Å². The molecule has 0 saturated heterocycles. The molecule has 0 atom stereocenters.